The minimum Gasteiger partial charge on any atom is -0.280 e. The Kier molecular flexibility index (Phi) is 3.46. The lowest BCUT2D eigenvalue weighted by Gasteiger charge is -2.18. The first-order valence-electron chi connectivity index (χ1n) is 7.34. The largest absolute Gasteiger partial charge is 0.280 e. The lowest BCUT2D eigenvalue weighted by atomic mass is 10.1. The standard InChI is InChI=1S/C19H13BrN2O/c20-16-9-15(11-21-12-16)13-5-7-17(8-6-13)22-18-4-2-1-3-14(18)10-19(22)23/h1-9,11-12H,10H2. The number of nitrogens with zero attached hydrogens (tertiary/aromatic N) is 2. The van der Waals surface area contributed by atoms with Gasteiger partial charge in [0.1, 0.15) is 0 Å². The third kappa shape index (κ3) is 2.55. The van der Waals surface area contributed by atoms with E-state index in [2.05, 4.69) is 20.9 Å². The van der Waals surface area contributed by atoms with Gasteiger partial charge in [-0.25, -0.2) is 0 Å². The molecule has 0 radical (unpaired) electrons. The minimum atomic E-state index is 0.114. The average molecular weight is 365 g/mol. The van der Waals surface area contributed by atoms with Crippen molar-refractivity contribution in [3.8, 4) is 11.1 Å². The van der Waals surface area contributed by atoms with Crippen molar-refractivity contribution in [2.45, 2.75) is 6.42 Å². The van der Waals surface area contributed by atoms with Gasteiger partial charge in [-0.3, -0.25) is 14.7 Å². The Bertz CT molecular complexity index is 890. The number of carbonyl (C=O) groups excluding carboxylic acids is 1. The molecule has 0 spiro atoms. The van der Waals surface area contributed by atoms with Crippen LogP contribution in [0.3, 0.4) is 0 Å². The van der Waals surface area contributed by atoms with E-state index >= 15 is 0 Å². The Morgan fingerprint density at radius 2 is 1.74 bits per heavy atom. The molecule has 23 heavy (non-hydrogen) atoms. The summed E-state index contributed by atoms with van der Waals surface area (Å²) in [5, 5.41) is 0. The van der Waals surface area contributed by atoms with E-state index in [1.807, 2.05) is 60.8 Å². The number of para-hydroxylation sites is 1. The molecule has 4 heteroatoms. The molecule has 0 aliphatic carbocycles. The number of pyridine rings is 1. The molecule has 4 rings (SSSR count). The summed E-state index contributed by atoms with van der Waals surface area (Å²) >= 11 is 3.44. The van der Waals surface area contributed by atoms with Crippen LogP contribution in [0, 0.1) is 0 Å². The zero-order chi connectivity index (χ0) is 15.8. The van der Waals surface area contributed by atoms with Crippen LogP contribution in [0.5, 0.6) is 0 Å². The predicted molar refractivity (Wildman–Crippen MR) is 94.7 cm³/mol. The van der Waals surface area contributed by atoms with Crippen molar-refractivity contribution in [3.05, 3.63) is 77.0 Å². The molecule has 0 bridgehead atoms. The third-order valence-electron chi connectivity index (χ3n) is 3.99. The van der Waals surface area contributed by atoms with Crippen LogP contribution in [0.15, 0.2) is 71.5 Å². The fourth-order valence-corrected chi connectivity index (χ4v) is 3.28. The summed E-state index contributed by atoms with van der Waals surface area (Å²) in [5.41, 5.74) is 5.07. The second-order valence-electron chi connectivity index (χ2n) is 5.47. The third-order valence-corrected chi connectivity index (χ3v) is 4.42. The van der Waals surface area contributed by atoms with E-state index in [9.17, 15) is 4.79 Å². The molecule has 1 aromatic heterocycles. The Morgan fingerprint density at radius 3 is 2.52 bits per heavy atom. The van der Waals surface area contributed by atoms with E-state index in [0.717, 1.165) is 32.5 Å². The van der Waals surface area contributed by atoms with Gasteiger partial charge in [-0.15, -0.1) is 0 Å². The zero-order valence-corrected chi connectivity index (χ0v) is 13.8. The van der Waals surface area contributed by atoms with Gasteiger partial charge >= 0.3 is 0 Å². The summed E-state index contributed by atoms with van der Waals surface area (Å²) in [6.07, 6.45) is 4.06. The quantitative estimate of drug-likeness (QED) is 0.658. The molecule has 3 aromatic rings. The van der Waals surface area contributed by atoms with Crippen molar-refractivity contribution in [3.63, 3.8) is 0 Å². The number of hydrogen-bond acceptors (Lipinski definition) is 2. The van der Waals surface area contributed by atoms with Gasteiger partial charge < -0.3 is 0 Å². The Hall–Kier alpha value is -2.46. The second-order valence-corrected chi connectivity index (χ2v) is 6.39. The minimum absolute atomic E-state index is 0.114. The van der Waals surface area contributed by atoms with Crippen LogP contribution in [0.25, 0.3) is 11.1 Å². The summed E-state index contributed by atoms with van der Waals surface area (Å²) in [6, 6.07) is 18.0. The van der Waals surface area contributed by atoms with Crippen LogP contribution in [-0.2, 0) is 11.2 Å². The van der Waals surface area contributed by atoms with E-state index in [-0.39, 0.29) is 5.91 Å². The maximum Gasteiger partial charge on any atom is 0.236 e. The van der Waals surface area contributed by atoms with Crippen molar-refractivity contribution in [2.24, 2.45) is 0 Å². The number of halogens is 1. The topological polar surface area (TPSA) is 33.2 Å². The highest BCUT2D eigenvalue weighted by atomic mass is 79.9. The molecule has 3 nitrogen and oxygen atoms in total. The van der Waals surface area contributed by atoms with Crippen LogP contribution < -0.4 is 4.90 Å². The Balaban J connectivity index is 1.70. The summed E-state index contributed by atoms with van der Waals surface area (Å²) < 4.78 is 0.947. The second kappa shape index (κ2) is 5.63. The molecule has 1 amide bonds. The van der Waals surface area contributed by atoms with Crippen LogP contribution in [0.4, 0.5) is 11.4 Å². The van der Waals surface area contributed by atoms with E-state index in [0.29, 0.717) is 6.42 Å². The smallest absolute Gasteiger partial charge is 0.236 e. The van der Waals surface area contributed by atoms with E-state index < -0.39 is 0 Å². The summed E-state index contributed by atoms with van der Waals surface area (Å²) in [5.74, 6) is 0.114. The summed E-state index contributed by atoms with van der Waals surface area (Å²) in [7, 11) is 0. The number of amides is 1. The maximum atomic E-state index is 12.3. The molecule has 2 aromatic carbocycles. The SMILES string of the molecule is O=C1Cc2ccccc2N1c1ccc(-c2cncc(Br)c2)cc1. The Morgan fingerprint density at radius 1 is 0.957 bits per heavy atom. The average Bonchev–Trinajstić information content (AvgIpc) is 2.91. The van der Waals surface area contributed by atoms with Crippen molar-refractivity contribution < 1.29 is 4.79 Å². The molecule has 0 saturated carbocycles. The van der Waals surface area contributed by atoms with E-state index in [4.69, 9.17) is 0 Å². The van der Waals surface area contributed by atoms with Gasteiger partial charge in [0, 0.05) is 28.1 Å². The number of carbonyl (C=O) groups is 1. The van der Waals surface area contributed by atoms with Crippen molar-refractivity contribution in [2.75, 3.05) is 4.90 Å². The number of aromatic nitrogens is 1. The molecular weight excluding hydrogens is 352 g/mol. The van der Waals surface area contributed by atoms with E-state index in [1.165, 1.54) is 0 Å². The number of hydrogen-bond donors (Lipinski definition) is 0. The molecule has 0 unspecified atom stereocenters. The number of rotatable bonds is 2. The van der Waals surface area contributed by atoms with Gasteiger partial charge in [0.25, 0.3) is 0 Å². The number of anilines is 2. The fraction of sp³-hybridized carbons (Fsp3) is 0.0526. The number of fused-ring (bicyclic) bond motifs is 1. The molecule has 2 heterocycles. The predicted octanol–water partition coefficient (Wildman–Crippen LogP) is 4.73. The van der Waals surface area contributed by atoms with Gasteiger partial charge in [0.15, 0.2) is 0 Å². The molecule has 1 aliphatic rings. The van der Waals surface area contributed by atoms with E-state index in [1.54, 1.807) is 11.1 Å². The molecule has 0 saturated heterocycles. The summed E-state index contributed by atoms with van der Waals surface area (Å²) in [6.45, 7) is 0. The van der Waals surface area contributed by atoms with Gasteiger partial charge in [-0.05, 0) is 51.3 Å². The lowest BCUT2D eigenvalue weighted by Crippen LogP contribution is -2.20. The van der Waals surface area contributed by atoms with Gasteiger partial charge in [0.05, 0.1) is 12.1 Å². The maximum absolute atomic E-state index is 12.3. The first-order valence-corrected chi connectivity index (χ1v) is 8.13. The number of benzene rings is 2. The molecule has 112 valence electrons. The van der Waals surface area contributed by atoms with Gasteiger partial charge in [-0.1, -0.05) is 30.3 Å². The molecule has 1 aliphatic heterocycles. The zero-order valence-electron chi connectivity index (χ0n) is 12.2. The highest BCUT2D eigenvalue weighted by molar-refractivity contribution is 9.10. The first kappa shape index (κ1) is 14.2. The lowest BCUT2D eigenvalue weighted by molar-refractivity contribution is -0.116. The van der Waals surface area contributed by atoms with Crippen LogP contribution in [-0.4, -0.2) is 10.9 Å². The van der Waals surface area contributed by atoms with Crippen molar-refractivity contribution >= 4 is 33.2 Å². The monoisotopic (exact) mass is 364 g/mol. The molecule has 0 fully saturated rings. The molecule has 0 atom stereocenters. The van der Waals surface area contributed by atoms with Crippen LogP contribution >= 0.6 is 15.9 Å². The van der Waals surface area contributed by atoms with Crippen molar-refractivity contribution in [1.29, 1.82) is 0 Å². The highest BCUT2D eigenvalue weighted by Gasteiger charge is 2.27. The van der Waals surface area contributed by atoms with Crippen LogP contribution in [0.1, 0.15) is 5.56 Å². The fourth-order valence-electron chi connectivity index (χ4n) is 2.91. The Labute approximate surface area is 142 Å². The van der Waals surface area contributed by atoms with Crippen LogP contribution in [0.2, 0.25) is 0 Å². The summed E-state index contributed by atoms with van der Waals surface area (Å²) in [4.78, 5) is 18.3. The van der Waals surface area contributed by atoms with Gasteiger partial charge in [-0.2, -0.15) is 0 Å². The molecule has 0 N–H and O–H groups in total. The first-order chi connectivity index (χ1) is 11.2. The van der Waals surface area contributed by atoms with Gasteiger partial charge in [0.2, 0.25) is 5.91 Å². The normalized spacial score (nSPS) is 13.3. The molecular formula is C19H13BrN2O. The van der Waals surface area contributed by atoms with Crippen molar-refractivity contribution in [1.82, 2.24) is 4.98 Å². The highest BCUT2D eigenvalue weighted by Crippen LogP contribution is 2.36.